The average molecular weight is 506 g/mol. The van der Waals surface area contributed by atoms with E-state index in [9.17, 15) is 34.2 Å². The number of rotatable bonds is 13. The van der Waals surface area contributed by atoms with Crippen molar-refractivity contribution in [1.29, 1.82) is 0 Å². The normalized spacial score (nSPS) is 17.6. The fraction of sp³-hybridized carbons (Fsp3) is 0.542. The first-order chi connectivity index (χ1) is 17.0. The summed E-state index contributed by atoms with van der Waals surface area (Å²) in [5.74, 6) is -4.05. The molecular weight excluding hydrogens is 470 g/mol. The van der Waals surface area contributed by atoms with E-state index < -0.39 is 54.3 Å². The van der Waals surface area contributed by atoms with Crippen LogP contribution in [0, 0.1) is 5.92 Å². The Bertz CT molecular complexity index is 945. The van der Waals surface area contributed by atoms with Crippen LogP contribution in [-0.4, -0.2) is 70.5 Å². The summed E-state index contributed by atoms with van der Waals surface area (Å²) in [6.07, 6.45) is 1.17. The Kier molecular flexibility index (Phi) is 10.7. The van der Waals surface area contributed by atoms with E-state index in [1.54, 1.807) is 12.1 Å². The number of nitrogens with one attached hydrogen (secondary N) is 4. The maximum absolute atomic E-state index is 13.2. The van der Waals surface area contributed by atoms with Crippen LogP contribution >= 0.6 is 0 Å². The second-order valence-corrected chi connectivity index (χ2v) is 9.34. The lowest BCUT2D eigenvalue weighted by Gasteiger charge is -2.26. The van der Waals surface area contributed by atoms with Gasteiger partial charge in [-0.3, -0.25) is 19.2 Å². The molecular formula is C24H35N5O7. The van der Waals surface area contributed by atoms with E-state index in [-0.39, 0.29) is 24.0 Å². The Morgan fingerprint density at radius 1 is 1.00 bits per heavy atom. The minimum Gasteiger partial charge on any atom is -0.508 e. The van der Waals surface area contributed by atoms with Gasteiger partial charge in [0.25, 0.3) is 0 Å². The number of nitrogens with two attached hydrogens (primary N) is 1. The number of phenols is 1. The van der Waals surface area contributed by atoms with Gasteiger partial charge in [-0.05, 0) is 49.4 Å². The zero-order chi connectivity index (χ0) is 26.8. The Labute approximate surface area is 209 Å². The lowest BCUT2D eigenvalue weighted by atomic mass is 10.00. The van der Waals surface area contributed by atoms with E-state index in [1.807, 2.05) is 13.8 Å². The van der Waals surface area contributed by atoms with Gasteiger partial charge >= 0.3 is 5.97 Å². The number of benzene rings is 1. The van der Waals surface area contributed by atoms with E-state index in [4.69, 9.17) is 5.73 Å². The molecule has 1 aromatic rings. The van der Waals surface area contributed by atoms with E-state index in [1.165, 1.54) is 12.1 Å². The standard InChI is InChI=1S/C24H35N5O7/c1-13(2)10-17(27-21(32)16-4-3-9-26-16)22(33)28-18(11-14-5-7-15(30)8-6-14)23(34)29-19(24(35)36)12-20(25)31/h5-8,13,16-19,26,30H,3-4,9-12H2,1-2H3,(H2,25,31)(H,27,32)(H,28,33)(H,29,34)(H,35,36). The molecule has 0 bridgehead atoms. The molecule has 12 nitrogen and oxygen atoms in total. The molecule has 8 N–H and O–H groups in total. The smallest absolute Gasteiger partial charge is 0.326 e. The zero-order valence-electron chi connectivity index (χ0n) is 20.5. The molecule has 12 heteroatoms. The van der Waals surface area contributed by atoms with Gasteiger partial charge in [0.1, 0.15) is 23.9 Å². The number of hydrogen-bond acceptors (Lipinski definition) is 7. The van der Waals surface area contributed by atoms with Crippen LogP contribution in [0.3, 0.4) is 0 Å². The molecule has 1 fully saturated rings. The monoisotopic (exact) mass is 505 g/mol. The maximum atomic E-state index is 13.2. The Morgan fingerprint density at radius 2 is 1.61 bits per heavy atom. The van der Waals surface area contributed by atoms with Gasteiger partial charge in [0.05, 0.1) is 12.5 Å². The summed E-state index contributed by atoms with van der Waals surface area (Å²) in [5, 5.41) is 29.6. The molecule has 0 saturated carbocycles. The molecule has 0 spiro atoms. The van der Waals surface area contributed by atoms with Crippen LogP contribution in [0.5, 0.6) is 5.75 Å². The summed E-state index contributed by atoms with van der Waals surface area (Å²) < 4.78 is 0. The summed E-state index contributed by atoms with van der Waals surface area (Å²) in [7, 11) is 0. The molecule has 4 amide bonds. The lowest BCUT2D eigenvalue weighted by molar-refractivity contribution is -0.143. The van der Waals surface area contributed by atoms with Gasteiger partial charge in [0.15, 0.2) is 0 Å². The molecule has 1 aromatic carbocycles. The minimum absolute atomic E-state index is 0.0106. The average Bonchev–Trinajstić information content (AvgIpc) is 3.33. The molecule has 36 heavy (non-hydrogen) atoms. The zero-order valence-corrected chi connectivity index (χ0v) is 20.5. The van der Waals surface area contributed by atoms with Gasteiger partial charge in [-0.1, -0.05) is 26.0 Å². The number of aliphatic carboxylic acids is 1. The first kappa shape index (κ1) is 28.6. The molecule has 1 saturated heterocycles. The highest BCUT2D eigenvalue weighted by Crippen LogP contribution is 2.13. The largest absolute Gasteiger partial charge is 0.508 e. The summed E-state index contributed by atoms with van der Waals surface area (Å²) in [5.41, 5.74) is 5.67. The molecule has 0 aliphatic carbocycles. The van der Waals surface area contributed by atoms with E-state index in [0.717, 1.165) is 6.42 Å². The van der Waals surface area contributed by atoms with Crippen LogP contribution in [0.4, 0.5) is 0 Å². The van der Waals surface area contributed by atoms with Crippen molar-refractivity contribution in [2.24, 2.45) is 11.7 Å². The number of carbonyl (C=O) groups is 5. The fourth-order valence-corrected chi connectivity index (χ4v) is 3.91. The van der Waals surface area contributed by atoms with Crippen molar-refractivity contribution in [3.63, 3.8) is 0 Å². The molecule has 4 atom stereocenters. The molecule has 1 aliphatic heterocycles. The highest BCUT2D eigenvalue weighted by atomic mass is 16.4. The van der Waals surface area contributed by atoms with Crippen molar-refractivity contribution >= 4 is 29.6 Å². The van der Waals surface area contributed by atoms with E-state index in [2.05, 4.69) is 21.3 Å². The van der Waals surface area contributed by atoms with Crippen LogP contribution in [-0.2, 0) is 30.4 Å². The summed E-state index contributed by atoms with van der Waals surface area (Å²) in [6.45, 7) is 4.49. The van der Waals surface area contributed by atoms with Crippen LogP contribution in [0.25, 0.3) is 0 Å². The van der Waals surface area contributed by atoms with Crippen molar-refractivity contribution in [1.82, 2.24) is 21.3 Å². The molecule has 2 rings (SSSR count). The van der Waals surface area contributed by atoms with Crippen LogP contribution < -0.4 is 27.0 Å². The molecule has 1 aliphatic rings. The highest BCUT2D eigenvalue weighted by molar-refractivity contribution is 5.95. The highest BCUT2D eigenvalue weighted by Gasteiger charge is 2.32. The predicted octanol–water partition coefficient (Wildman–Crippen LogP) is -0.853. The Morgan fingerprint density at radius 3 is 2.14 bits per heavy atom. The van der Waals surface area contributed by atoms with Gasteiger partial charge in [-0.15, -0.1) is 0 Å². The number of amides is 4. The first-order valence-electron chi connectivity index (χ1n) is 11.9. The molecule has 198 valence electrons. The van der Waals surface area contributed by atoms with Gasteiger partial charge in [-0.2, -0.15) is 0 Å². The first-order valence-corrected chi connectivity index (χ1v) is 11.9. The number of hydrogen-bond donors (Lipinski definition) is 7. The van der Waals surface area contributed by atoms with Crippen molar-refractivity contribution < 1.29 is 34.2 Å². The number of carboxylic acid groups (broad SMARTS) is 1. The molecule has 0 aromatic heterocycles. The van der Waals surface area contributed by atoms with Crippen molar-refractivity contribution in [3.05, 3.63) is 29.8 Å². The topological polar surface area (TPSA) is 200 Å². The van der Waals surface area contributed by atoms with Gasteiger partial charge < -0.3 is 37.2 Å². The van der Waals surface area contributed by atoms with Gasteiger partial charge in [0.2, 0.25) is 23.6 Å². The van der Waals surface area contributed by atoms with Crippen molar-refractivity contribution in [2.45, 2.75) is 70.1 Å². The predicted molar refractivity (Wildman–Crippen MR) is 130 cm³/mol. The Hall–Kier alpha value is -3.67. The molecule has 1 heterocycles. The third kappa shape index (κ3) is 9.17. The fourth-order valence-electron chi connectivity index (χ4n) is 3.91. The molecule has 4 unspecified atom stereocenters. The summed E-state index contributed by atoms with van der Waals surface area (Å²) >= 11 is 0. The summed E-state index contributed by atoms with van der Waals surface area (Å²) in [4.78, 5) is 61.6. The number of carboxylic acids is 1. The number of aromatic hydroxyl groups is 1. The third-order valence-electron chi connectivity index (χ3n) is 5.75. The van der Waals surface area contributed by atoms with Crippen LogP contribution in [0.15, 0.2) is 24.3 Å². The van der Waals surface area contributed by atoms with E-state index >= 15 is 0 Å². The van der Waals surface area contributed by atoms with E-state index in [0.29, 0.717) is 24.9 Å². The number of primary amides is 1. The van der Waals surface area contributed by atoms with Crippen LogP contribution in [0.2, 0.25) is 0 Å². The number of phenolic OH excluding ortho intramolecular Hbond substituents is 1. The second-order valence-electron chi connectivity index (χ2n) is 9.34. The SMILES string of the molecule is CC(C)CC(NC(=O)C1CCCN1)C(=O)NC(Cc1ccc(O)cc1)C(=O)NC(CC(N)=O)C(=O)O. The van der Waals surface area contributed by atoms with Gasteiger partial charge in [-0.25, -0.2) is 4.79 Å². The van der Waals surface area contributed by atoms with Crippen molar-refractivity contribution in [3.8, 4) is 5.75 Å². The van der Waals surface area contributed by atoms with Gasteiger partial charge in [0, 0.05) is 6.42 Å². The Balaban J connectivity index is 2.22. The van der Waals surface area contributed by atoms with Crippen molar-refractivity contribution in [2.75, 3.05) is 6.54 Å². The van der Waals surface area contributed by atoms with Crippen LogP contribution in [0.1, 0.15) is 45.1 Å². The maximum Gasteiger partial charge on any atom is 0.326 e. The quantitative estimate of drug-likeness (QED) is 0.180. The lowest BCUT2D eigenvalue weighted by Crippen LogP contribution is -2.58. The third-order valence-corrected chi connectivity index (χ3v) is 5.75. The summed E-state index contributed by atoms with van der Waals surface area (Å²) in [6, 6.07) is 1.81. The molecule has 0 radical (unpaired) electrons. The number of carbonyl (C=O) groups excluding carboxylic acids is 4. The minimum atomic E-state index is -1.58. The second kappa shape index (κ2) is 13.4.